The highest BCUT2D eigenvalue weighted by Gasteiger charge is 2.36. The number of benzene rings is 2. The molecule has 0 fully saturated rings. The summed E-state index contributed by atoms with van der Waals surface area (Å²) in [6.45, 7) is 4.21. The van der Waals surface area contributed by atoms with Crippen molar-refractivity contribution in [3.8, 4) is 0 Å². The average Bonchev–Trinajstić information content (AvgIpc) is 2.94. The summed E-state index contributed by atoms with van der Waals surface area (Å²) in [6.07, 6.45) is 2.62. The lowest BCUT2D eigenvalue weighted by molar-refractivity contribution is -0.145. The third-order valence-electron chi connectivity index (χ3n) is 4.77. The quantitative estimate of drug-likeness (QED) is 0.541. The van der Waals surface area contributed by atoms with E-state index in [4.69, 9.17) is 4.74 Å². The van der Waals surface area contributed by atoms with E-state index < -0.39 is 0 Å². The molecule has 0 aliphatic carbocycles. The first-order valence-corrected chi connectivity index (χ1v) is 9.32. The van der Waals surface area contributed by atoms with Crippen LogP contribution in [0.4, 0.5) is 5.69 Å². The number of imide groups is 1. The van der Waals surface area contributed by atoms with Crippen LogP contribution in [-0.2, 0) is 9.53 Å². The van der Waals surface area contributed by atoms with Gasteiger partial charge in [0, 0.05) is 0 Å². The van der Waals surface area contributed by atoms with Crippen molar-refractivity contribution in [1.82, 2.24) is 0 Å². The number of fused-ring (bicyclic) bond motifs is 1. The average molecular weight is 365 g/mol. The predicted octanol–water partition coefficient (Wildman–Crippen LogP) is 4.32. The van der Waals surface area contributed by atoms with E-state index in [-0.39, 0.29) is 23.7 Å². The standard InChI is InChI=1S/C22H23NO4/c1-3-5-8-17(22(26)27-4-2)15-11-13-16(14-12-15)23-20(24)18-9-6-7-10-19(18)21(23)25/h6-7,9-14,17H,3-5,8H2,1-2H3. The summed E-state index contributed by atoms with van der Waals surface area (Å²) >= 11 is 0. The fourth-order valence-corrected chi connectivity index (χ4v) is 3.35. The number of anilines is 1. The van der Waals surface area contributed by atoms with Crippen molar-refractivity contribution < 1.29 is 19.1 Å². The van der Waals surface area contributed by atoms with E-state index in [0.29, 0.717) is 29.8 Å². The molecule has 0 radical (unpaired) electrons. The van der Waals surface area contributed by atoms with Gasteiger partial charge in [-0.1, -0.05) is 44.0 Å². The van der Waals surface area contributed by atoms with Crippen LogP contribution in [0, 0.1) is 0 Å². The zero-order chi connectivity index (χ0) is 19.4. The number of unbranched alkanes of at least 4 members (excludes halogenated alkanes) is 1. The van der Waals surface area contributed by atoms with Crippen LogP contribution in [-0.4, -0.2) is 24.4 Å². The van der Waals surface area contributed by atoms with Gasteiger partial charge in [0.25, 0.3) is 11.8 Å². The molecule has 2 aromatic carbocycles. The Bertz CT molecular complexity index is 822. The Morgan fingerprint density at radius 3 is 2.07 bits per heavy atom. The molecule has 0 bridgehead atoms. The number of nitrogens with zero attached hydrogens (tertiary/aromatic N) is 1. The number of ether oxygens (including phenoxy) is 1. The molecule has 0 spiro atoms. The van der Waals surface area contributed by atoms with Crippen LogP contribution in [0.3, 0.4) is 0 Å². The van der Waals surface area contributed by atoms with Crippen LogP contribution < -0.4 is 4.90 Å². The molecule has 1 unspecified atom stereocenters. The van der Waals surface area contributed by atoms with Gasteiger partial charge in [-0.25, -0.2) is 4.90 Å². The summed E-state index contributed by atoms with van der Waals surface area (Å²) in [5.74, 6) is -1.21. The monoisotopic (exact) mass is 365 g/mol. The normalized spacial score (nSPS) is 14.2. The van der Waals surface area contributed by atoms with Gasteiger partial charge in [-0.05, 0) is 43.2 Å². The summed E-state index contributed by atoms with van der Waals surface area (Å²) in [6, 6.07) is 13.8. The van der Waals surface area contributed by atoms with Gasteiger partial charge >= 0.3 is 5.97 Å². The Kier molecular flexibility index (Phi) is 5.69. The summed E-state index contributed by atoms with van der Waals surface area (Å²) in [5.41, 5.74) is 2.17. The van der Waals surface area contributed by atoms with Gasteiger partial charge < -0.3 is 4.74 Å². The minimum absolute atomic E-state index is 0.237. The molecule has 2 amide bonds. The molecule has 0 N–H and O–H groups in total. The highest BCUT2D eigenvalue weighted by Crippen LogP contribution is 2.30. The molecule has 140 valence electrons. The van der Waals surface area contributed by atoms with Gasteiger partial charge in [-0.15, -0.1) is 0 Å². The summed E-state index contributed by atoms with van der Waals surface area (Å²) < 4.78 is 5.20. The zero-order valence-corrected chi connectivity index (χ0v) is 15.6. The zero-order valence-electron chi connectivity index (χ0n) is 15.6. The van der Waals surface area contributed by atoms with Gasteiger partial charge in [0.1, 0.15) is 0 Å². The number of hydrogen-bond acceptors (Lipinski definition) is 4. The summed E-state index contributed by atoms with van der Waals surface area (Å²) in [4.78, 5) is 38.7. The molecule has 2 aromatic rings. The van der Waals surface area contributed by atoms with E-state index in [1.54, 1.807) is 55.5 Å². The topological polar surface area (TPSA) is 63.7 Å². The van der Waals surface area contributed by atoms with E-state index in [0.717, 1.165) is 18.4 Å². The fraction of sp³-hybridized carbons (Fsp3) is 0.318. The van der Waals surface area contributed by atoms with Crippen molar-refractivity contribution in [2.75, 3.05) is 11.5 Å². The van der Waals surface area contributed by atoms with Crippen LogP contribution in [0.2, 0.25) is 0 Å². The van der Waals surface area contributed by atoms with Crippen LogP contribution in [0.1, 0.15) is 65.3 Å². The Morgan fingerprint density at radius 2 is 1.56 bits per heavy atom. The van der Waals surface area contributed by atoms with Crippen molar-refractivity contribution in [2.45, 2.75) is 39.0 Å². The Balaban J connectivity index is 1.85. The number of carbonyl (C=O) groups excluding carboxylic acids is 3. The maximum atomic E-state index is 12.6. The maximum absolute atomic E-state index is 12.6. The van der Waals surface area contributed by atoms with E-state index >= 15 is 0 Å². The second kappa shape index (κ2) is 8.16. The third kappa shape index (κ3) is 3.63. The molecule has 5 heteroatoms. The predicted molar refractivity (Wildman–Crippen MR) is 103 cm³/mol. The summed E-state index contributed by atoms with van der Waals surface area (Å²) in [5, 5.41) is 0. The molecule has 5 nitrogen and oxygen atoms in total. The molecule has 0 saturated carbocycles. The van der Waals surface area contributed by atoms with Crippen LogP contribution in [0.15, 0.2) is 48.5 Å². The SMILES string of the molecule is CCCCC(C(=O)OCC)c1ccc(N2C(=O)c3ccccc3C2=O)cc1. The molecule has 1 atom stereocenters. The molecule has 3 rings (SSSR count). The maximum Gasteiger partial charge on any atom is 0.313 e. The first-order chi connectivity index (χ1) is 13.1. The van der Waals surface area contributed by atoms with Crippen molar-refractivity contribution in [3.05, 3.63) is 65.2 Å². The number of carbonyl (C=O) groups is 3. The lowest BCUT2D eigenvalue weighted by Gasteiger charge is -2.18. The van der Waals surface area contributed by atoms with Gasteiger partial charge in [-0.2, -0.15) is 0 Å². The van der Waals surface area contributed by atoms with Gasteiger partial charge in [0.15, 0.2) is 0 Å². The van der Waals surface area contributed by atoms with Crippen molar-refractivity contribution >= 4 is 23.5 Å². The molecule has 0 saturated heterocycles. The number of hydrogen-bond donors (Lipinski definition) is 0. The van der Waals surface area contributed by atoms with Crippen LogP contribution in [0.25, 0.3) is 0 Å². The van der Waals surface area contributed by atoms with E-state index in [9.17, 15) is 14.4 Å². The van der Waals surface area contributed by atoms with Crippen LogP contribution in [0.5, 0.6) is 0 Å². The largest absolute Gasteiger partial charge is 0.466 e. The molecule has 1 heterocycles. The Labute approximate surface area is 158 Å². The van der Waals surface area contributed by atoms with Gasteiger partial charge in [0.05, 0.1) is 29.3 Å². The molecule has 27 heavy (non-hydrogen) atoms. The first-order valence-electron chi connectivity index (χ1n) is 9.32. The second-order valence-electron chi connectivity index (χ2n) is 6.53. The number of esters is 1. The van der Waals surface area contributed by atoms with Crippen molar-refractivity contribution in [3.63, 3.8) is 0 Å². The lowest BCUT2D eigenvalue weighted by Crippen LogP contribution is -2.29. The Hall–Kier alpha value is -2.95. The molecule has 0 aromatic heterocycles. The molecular formula is C22H23NO4. The van der Waals surface area contributed by atoms with E-state index in [2.05, 4.69) is 6.92 Å². The van der Waals surface area contributed by atoms with Crippen molar-refractivity contribution in [2.24, 2.45) is 0 Å². The fourth-order valence-electron chi connectivity index (χ4n) is 3.35. The first kappa shape index (κ1) is 18.8. The smallest absolute Gasteiger partial charge is 0.313 e. The minimum atomic E-state index is -0.332. The third-order valence-corrected chi connectivity index (χ3v) is 4.77. The van der Waals surface area contributed by atoms with Crippen molar-refractivity contribution in [1.29, 1.82) is 0 Å². The number of rotatable bonds is 7. The van der Waals surface area contributed by atoms with E-state index in [1.165, 1.54) is 4.90 Å². The molecule has 1 aliphatic heterocycles. The lowest BCUT2D eigenvalue weighted by atomic mass is 9.93. The van der Waals surface area contributed by atoms with Gasteiger partial charge in [0.2, 0.25) is 0 Å². The molecular weight excluding hydrogens is 342 g/mol. The molecule has 1 aliphatic rings. The Morgan fingerprint density at radius 1 is 0.963 bits per heavy atom. The summed E-state index contributed by atoms with van der Waals surface area (Å²) in [7, 11) is 0. The highest BCUT2D eigenvalue weighted by atomic mass is 16.5. The van der Waals surface area contributed by atoms with E-state index in [1.807, 2.05) is 0 Å². The highest BCUT2D eigenvalue weighted by molar-refractivity contribution is 6.34. The number of amides is 2. The van der Waals surface area contributed by atoms with Gasteiger partial charge in [-0.3, -0.25) is 14.4 Å². The minimum Gasteiger partial charge on any atom is -0.466 e. The van der Waals surface area contributed by atoms with Crippen LogP contribution >= 0.6 is 0 Å². The second-order valence-corrected chi connectivity index (χ2v) is 6.53.